The third kappa shape index (κ3) is 6.52. The fourth-order valence-corrected chi connectivity index (χ4v) is 6.53. The second-order valence-corrected chi connectivity index (χ2v) is 10.9. The molecular weight excluding hydrogens is 504 g/mol. The summed E-state index contributed by atoms with van der Waals surface area (Å²) in [6, 6.07) is 8.36. The van der Waals surface area contributed by atoms with Crippen LogP contribution in [0.4, 0.5) is 0 Å². The van der Waals surface area contributed by atoms with Crippen LogP contribution in [0.15, 0.2) is 30.3 Å². The molecule has 200 valence electrons. The van der Waals surface area contributed by atoms with Crippen molar-refractivity contribution in [3.8, 4) is 0 Å². The number of thioether (sulfide) groups is 1. The Morgan fingerprint density at radius 2 is 1.83 bits per heavy atom. The van der Waals surface area contributed by atoms with E-state index < -0.39 is 22.9 Å². The Balaban J connectivity index is 0.00000456. The van der Waals surface area contributed by atoms with Gasteiger partial charge in [-0.15, -0.1) is 24.2 Å². The van der Waals surface area contributed by atoms with Gasteiger partial charge in [0.1, 0.15) is 18.8 Å². The van der Waals surface area contributed by atoms with E-state index in [0.29, 0.717) is 6.42 Å². The molecule has 2 saturated heterocycles. The molecule has 0 saturated carbocycles. The number of amides is 3. The van der Waals surface area contributed by atoms with Gasteiger partial charge in [0, 0.05) is 13.0 Å². The second kappa shape index (κ2) is 12.8. The number of benzene rings is 1. The summed E-state index contributed by atoms with van der Waals surface area (Å²) in [4.78, 5) is 54.6. The molecule has 2 heterocycles. The van der Waals surface area contributed by atoms with Gasteiger partial charge in [-0.3, -0.25) is 19.3 Å². The number of likely N-dealkylation sites (N-methyl/N-ethyl adjacent to an activating group) is 1. The number of nitrogens with zero attached hydrogens (tertiary/aromatic N) is 2. The number of nitrogens with one attached hydrogen (secondary N) is 2. The van der Waals surface area contributed by atoms with E-state index in [9.17, 15) is 19.2 Å². The molecule has 2 aliphatic rings. The topological polar surface area (TPSA) is 108 Å². The molecule has 0 aromatic heterocycles. The minimum Gasteiger partial charge on any atom is -0.462 e. The molecular formula is C25H37ClN4O5S. The van der Waals surface area contributed by atoms with Crippen molar-refractivity contribution >= 4 is 47.9 Å². The second-order valence-electron chi connectivity index (χ2n) is 9.23. The van der Waals surface area contributed by atoms with Crippen molar-refractivity contribution in [1.29, 1.82) is 0 Å². The number of halogens is 1. The minimum atomic E-state index is -1.01. The fraction of sp³-hybridized carbons (Fsp3) is 0.600. The number of ether oxygens (including phenoxy) is 1. The smallest absolute Gasteiger partial charge is 0.330 e. The summed E-state index contributed by atoms with van der Waals surface area (Å²) in [7, 11) is 0. The predicted octanol–water partition coefficient (Wildman–Crippen LogP) is 1.94. The van der Waals surface area contributed by atoms with Crippen molar-refractivity contribution in [3.63, 3.8) is 0 Å². The van der Waals surface area contributed by atoms with E-state index >= 15 is 0 Å². The SMILES string of the molecule is CCN(CC)C(C)COC(=O)[C@@H]1N2C(=O)C[C@H]2SC1(C)C(NC(C)=O)NC(=O)Cc1ccccc1.Cl. The van der Waals surface area contributed by atoms with Crippen molar-refractivity contribution in [2.24, 2.45) is 0 Å². The lowest BCUT2D eigenvalue weighted by Crippen LogP contribution is -2.66. The van der Waals surface area contributed by atoms with Crippen LogP contribution in [-0.4, -0.2) is 81.6 Å². The van der Waals surface area contributed by atoms with Crippen LogP contribution in [0.25, 0.3) is 0 Å². The largest absolute Gasteiger partial charge is 0.462 e. The number of fused-ring (bicyclic) bond motifs is 1. The number of hydrogen-bond donors (Lipinski definition) is 2. The Labute approximate surface area is 223 Å². The van der Waals surface area contributed by atoms with Crippen LogP contribution in [0.3, 0.4) is 0 Å². The first-order chi connectivity index (χ1) is 16.6. The van der Waals surface area contributed by atoms with Gasteiger partial charge in [-0.05, 0) is 32.5 Å². The zero-order chi connectivity index (χ0) is 25.8. The van der Waals surface area contributed by atoms with E-state index in [0.717, 1.165) is 18.7 Å². The summed E-state index contributed by atoms with van der Waals surface area (Å²) >= 11 is 1.42. The van der Waals surface area contributed by atoms with Gasteiger partial charge < -0.3 is 20.3 Å². The van der Waals surface area contributed by atoms with E-state index in [-0.39, 0.29) is 54.6 Å². The Kier molecular flexibility index (Phi) is 10.6. The number of β-lactam (4-membered cyclic amide) rings is 1. The highest BCUT2D eigenvalue weighted by atomic mass is 35.5. The van der Waals surface area contributed by atoms with Gasteiger partial charge in [-0.25, -0.2) is 4.79 Å². The summed E-state index contributed by atoms with van der Waals surface area (Å²) in [6.45, 7) is 11.1. The molecule has 1 aromatic carbocycles. The Morgan fingerprint density at radius 3 is 2.39 bits per heavy atom. The predicted molar refractivity (Wildman–Crippen MR) is 142 cm³/mol. The highest BCUT2D eigenvalue weighted by molar-refractivity contribution is 8.01. The standard InChI is InChI=1S/C25H36N4O5S.ClH/c1-6-28(7-2)16(3)15-34-23(33)22-25(5,35-21-14-20(32)29(21)22)24(26-17(4)30)27-19(31)13-18-11-9-8-10-12-18;/h8-12,16,21-22,24H,6-7,13-15H2,1-5H3,(H,26,30)(H,27,31);1H/t16?,21-,22+,24?,25?;/m1./s1. The molecule has 3 unspecified atom stereocenters. The molecule has 2 aliphatic heterocycles. The summed E-state index contributed by atoms with van der Waals surface area (Å²) in [5.74, 6) is -1.30. The molecule has 0 spiro atoms. The normalized spacial score (nSPS) is 24.2. The first-order valence-corrected chi connectivity index (χ1v) is 13.0. The molecule has 0 aliphatic carbocycles. The monoisotopic (exact) mass is 540 g/mol. The minimum absolute atomic E-state index is 0. The molecule has 1 aromatic rings. The molecule has 9 nitrogen and oxygen atoms in total. The Bertz CT molecular complexity index is 948. The van der Waals surface area contributed by atoms with Crippen LogP contribution in [0.1, 0.15) is 46.6 Å². The third-order valence-corrected chi connectivity index (χ3v) is 8.35. The van der Waals surface area contributed by atoms with E-state index in [1.807, 2.05) is 51.1 Å². The number of carbonyl (C=O) groups excluding carboxylic acids is 4. The maximum absolute atomic E-state index is 13.4. The van der Waals surface area contributed by atoms with Crippen molar-refractivity contribution in [2.45, 2.75) is 75.8 Å². The van der Waals surface area contributed by atoms with Crippen LogP contribution in [0, 0.1) is 0 Å². The maximum atomic E-state index is 13.4. The first kappa shape index (κ1) is 29.9. The lowest BCUT2D eigenvalue weighted by Gasteiger charge is -2.40. The molecule has 11 heteroatoms. The summed E-state index contributed by atoms with van der Waals surface area (Å²) in [6.07, 6.45) is -0.442. The van der Waals surface area contributed by atoms with E-state index in [2.05, 4.69) is 15.5 Å². The van der Waals surface area contributed by atoms with Crippen LogP contribution in [-0.2, 0) is 30.3 Å². The average molecular weight is 541 g/mol. The van der Waals surface area contributed by atoms with Gasteiger partial charge in [0.25, 0.3) is 0 Å². The zero-order valence-corrected chi connectivity index (χ0v) is 23.1. The Morgan fingerprint density at radius 1 is 1.19 bits per heavy atom. The molecule has 2 fully saturated rings. The van der Waals surface area contributed by atoms with Crippen LogP contribution < -0.4 is 10.6 Å². The van der Waals surface area contributed by atoms with E-state index in [1.165, 1.54) is 23.6 Å². The van der Waals surface area contributed by atoms with Gasteiger partial charge in [0.2, 0.25) is 17.7 Å². The lowest BCUT2D eigenvalue weighted by atomic mass is 9.93. The number of hydrogen-bond acceptors (Lipinski definition) is 7. The van der Waals surface area contributed by atoms with Gasteiger partial charge in [0.05, 0.1) is 23.0 Å². The first-order valence-electron chi connectivity index (χ1n) is 12.1. The third-order valence-electron chi connectivity index (χ3n) is 6.72. The average Bonchev–Trinajstić information content (AvgIpc) is 3.06. The summed E-state index contributed by atoms with van der Waals surface area (Å²) in [5.41, 5.74) is 0.830. The van der Waals surface area contributed by atoms with Crippen LogP contribution in [0.5, 0.6) is 0 Å². The van der Waals surface area contributed by atoms with Crippen molar-refractivity contribution < 1.29 is 23.9 Å². The van der Waals surface area contributed by atoms with Gasteiger partial charge in [0.15, 0.2) is 0 Å². The molecule has 0 bridgehead atoms. The Hall–Kier alpha value is -2.30. The molecule has 36 heavy (non-hydrogen) atoms. The number of rotatable bonds is 11. The highest BCUT2D eigenvalue weighted by Gasteiger charge is 2.64. The quantitative estimate of drug-likeness (QED) is 0.251. The van der Waals surface area contributed by atoms with Crippen LogP contribution >= 0.6 is 24.2 Å². The van der Waals surface area contributed by atoms with Gasteiger partial charge in [-0.1, -0.05) is 44.2 Å². The number of esters is 1. The molecule has 5 atom stereocenters. The summed E-state index contributed by atoms with van der Waals surface area (Å²) in [5, 5.41) is 5.51. The van der Waals surface area contributed by atoms with Gasteiger partial charge >= 0.3 is 5.97 Å². The molecule has 2 N–H and O–H groups in total. The molecule has 3 rings (SSSR count). The fourth-order valence-electron chi connectivity index (χ4n) is 4.77. The van der Waals surface area contributed by atoms with Crippen molar-refractivity contribution in [2.75, 3.05) is 19.7 Å². The highest BCUT2D eigenvalue weighted by Crippen LogP contribution is 2.52. The van der Waals surface area contributed by atoms with E-state index in [1.54, 1.807) is 6.92 Å². The number of carbonyl (C=O) groups is 4. The molecule has 0 radical (unpaired) electrons. The summed E-state index contributed by atoms with van der Waals surface area (Å²) < 4.78 is 4.70. The van der Waals surface area contributed by atoms with Gasteiger partial charge in [-0.2, -0.15) is 0 Å². The van der Waals surface area contributed by atoms with Crippen molar-refractivity contribution in [3.05, 3.63) is 35.9 Å². The zero-order valence-electron chi connectivity index (χ0n) is 21.5. The maximum Gasteiger partial charge on any atom is 0.330 e. The van der Waals surface area contributed by atoms with Crippen molar-refractivity contribution in [1.82, 2.24) is 20.4 Å². The molecule has 3 amide bonds. The lowest BCUT2D eigenvalue weighted by molar-refractivity contribution is -0.163. The van der Waals surface area contributed by atoms with Crippen LogP contribution in [0.2, 0.25) is 0 Å². The van der Waals surface area contributed by atoms with E-state index in [4.69, 9.17) is 4.74 Å².